The zero-order valence-electron chi connectivity index (χ0n) is 17.2. The van der Waals surface area contributed by atoms with Crippen molar-refractivity contribution in [1.29, 1.82) is 0 Å². The first-order chi connectivity index (χ1) is 13.1. The molecule has 2 aromatic rings. The van der Waals surface area contributed by atoms with E-state index in [1.807, 2.05) is 49.4 Å². The second-order valence-corrected chi connectivity index (χ2v) is 9.11. The van der Waals surface area contributed by atoms with Crippen LogP contribution in [-0.4, -0.2) is 50.8 Å². The molecule has 0 heterocycles. The largest absolute Gasteiger partial charge is 0.288 e. The number of nitrogens with zero attached hydrogens (tertiary/aromatic N) is 2. The number of nitrogens with one attached hydrogen (secondary N) is 1. The van der Waals surface area contributed by atoms with E-state index in [4.69, 9.17) is 0 Å². The van der Waals surface area contributed by atoms with E-state index in [2.05, 4.69) is 5.43 Å². The number of hydrogen-bond acceptors (Lipinski definition) is 4. The molecule has 1 amide bonds. The fourth-order valence-electron chi connectivity index (χ4n) is 3.33. The molecule has 0 aliphatic rings. The van der Waals surface area contributed by atoms with E-state index in [9.17, 15) is 13.2 Å². The quantitative estimate of drug-likeness (QED) is 0.688. The van der Waals surface area contributed by atoms with Gasteiger partial charge in [0, 0.05) is 20.6 Å². The van der Waals surface area contributed by atoms with Gasteiger partial charge in [-0.15, -0.1) is 0 Å². The summed E-state index contributed by atoms with van der Waals surface area (Å²) in [5.74, 6) is -0.371. The van der Waals surface area contributed by atoms with E-state index >= 15 is 0 Å². The van der Waals surface area contributed by atoms with Crippen LogP contribution in [0.4, 0.5) is 0 Å². The maximum atomic E-state index is 13.5. The summed E-state index contributed by atoms with van der Waals surface area (Å²) >= 11 is 0. The smallest absolute Gasteiger partial charge is 0.249 e. The molecule has 2 rings (SSSR count). The third-order valence-electron chi connectivity index (χ3n) is 4.36. The molecule has 0 bridgehead atoms. The van der Waals surface area contributed by atoms with E-state index in [0.29, 0.717) is 17.5 Å². The monoisotopic (exact) mass is 403 g/mol. The molecule has 0 aromatic heterocycles. The molecule has 0 saturated heterocycles. The Morgan fingerprint density at radius 1 is 1.00 bits per heavy atom. The molecule has 2 aromatic carbocycles. The Morgan fingerprint density at radius 3 is 2.11 bits per heavy atom. The van der Waals surface area contributed by atoms with E-state index in [1.165, 1.54) is 9.31 Å². The molecule has 0 spiro atoms. The minimum absolute atomic E-state index is 0.222. The molecule has 6 nitrogen and oxygen atoms in total. The zero-order valence-corrected chi connectivity index (χ0v) is 18.0. The molecule has 0 atom stereocenters. The van der Waals surface area contributed by atoms with Crippen LogP contribution in [-0.2, 0) is 21.2 Å². The maximum Gasteiger partial charge on any atom is 0.249 e. The van der Waals surface area contributed by atoms with Crippen LogP contribution in [0.15, 0.2) is 47.4 Å². The van der Waals surface area contributed by atoms with Crippen molar-refractivity contribution >= 4 is 15.9 Å². The van der Waals surface area contributed by atoms with Gasteiger partial charge in [0.25, 0.3) is 0 Å². The number of carbonyl (C=O) groups excluding carboxylic acids is 1. The topological polar surface area (TPSA) is 69.7 Å². The normalized spacial score (nSPS) is 11.8. The first kappa shape index (κ1) is 22.1. The van der Waals surface area contributed by atoms with Crippen LogP contribution in [0.5, 0.6) is 0 Å². The lowest BCUT2D eigenvalue weighted by molar-refractivity contribution is -0.125. The first-order valence-electron chi connectivity index (χ1n) is 9.20. The Balaban J connectivity index is 2.37. The number of hydrogen-bond donors (Lipinski definition) is 1. The minimum atomic E-state index is -3.83. The van der Waals surface area contributed by atoms with Crippen LogP contribution in [0.1, 0.15) is 22.3 Å². The second kappa shape index (κ2) is 9.32. The second-order valence-electron chi connectivity index (χ2n) is 7.23. The van der Waals surface area contributed by atoms with Crippen molar-refractivity contribution in [2.45, 2.75) is 32.1 Å². The van der Waals surface area contributed by atoms with Crippen LogP contribution in [0.2, 0.25) is 0 Å². The maximum absolute atomic E-state index is 13.5. The summed E-state index contributed by atoms with van der Waals surface area (Å²) < 4.78 is 28.2. The molecule has 7 heteroatoms. The average molecular weight is 404 g/mol. The molecule has 152 valence electrons. The third-order valence-corrected chi connectivity index (χ3v) is 6.51. The summed E-state index contributed by atoms with van der Waals surface area (Å²) in [6.45, 7) is 5.51. The molecule has 0 saturated carbocycles. The van der Waals surface area contributed by atoms with Gasteiger partial charge in [0.15, 0.2) is 0 Å². The van der Waals surface area contributed by atoms with Gasteiger partial charge in [-0.3, -0.25) is 10.2 Å². The van der Waals surface area contributed by atoms with Crippen LogP contribution in [0, 0.1) is 20.8 Å². The van der Waals surface area contributed by atoms with Gasteiger partial charge in [-0.2, -0.15) is 4.31 Å². The summed E-state index contributed by atoms with van der Waals surface area (Å²) in [4.78, 5) is 12.6. The van der Waals surface area contributed by atoms with E-state index in [1.54, 1.807) is 27.9 Å². The lowest BCUT2D eigenvalue weighted by atomic mass is 10.1. The molecule has 28 heavy (non-hydrogen) atoms. The molecule has 0 radical (unpaired) electrons. The van der Waals surface area contributed by atoms with Crippen molar-refractivity contribution in [3.63, 3.8) is 0 Å². The Hall–Kier alpha value is -2.22. The van der Waals surface area contributed by atoms with Gasteiger partial charge in [-0.1, -0.05) is 48.0 Å². The minimum Gasteiger partial charge on any atom is -0.288 e. The predicted molar refractivity (Wildman–Crippen MR) is 111 cm³/mol. The zero-order chi connectivity index (χ0) is 20.9. The van der Waals surface area contributed by atoms with Gasteiger partial charge < -0.3 is 0 Å². The van der Waals surface area contributed by atoms with Crippen molar-refractivity contribution in [3.8, 4) is 0 Å². The van der Waals surface area contributed by atoms with Gasteiger partial charge in [0.1, 0.15) is 0 Å². The molecular formula is C21H29N3O3S. The summed E-state index contributed by atoms with van der Waals surface area (Å²) in [6.07, 6.45) is 0.527. The Morgan fingerprint density at radius 2 is 1.57 bits per heavy atom. The molecule has 0 aliphatic heterocycles. The number of sulfonamides is 1. The number of aryl methyl sites for hydroxylation is 3. The molecule has 0 fully saturated rings. The summed E-state index contributed by atoms with van der Waals surface area (Å²) in [5.41, 5.74) is 6.03. The summed E-state index contributed by atoms with van der Waals surface area (Å²) in [7, 11) is -0.447. The Kier molecular flexibility index (Phi) is 7.35. The molecule has 0 unspecified atom stereocenters. The summed E-state index contributed by atoms with van der Waals surface area (Å²) in [6, 6.07) is 13.4. The van der Waals surface area contributed by atoms with Gasteiger partial charge in [-0.05, 0) is 43.9 Å². The van der Waals surface area contributed by atoms with Crippen molar-refractivity contribution in [3.05, 3.63) is 64.7 Å². The highest BCUT2D eigenvalue weighted by Gasteiger charge is 2.29. The number of benzene rings is 2. The third kappa shape index (κ3) is 5.64. The van der Waals surface area contributed by atoms with Gasteiger partial charge in [-0.25, -0.2) is 13.4 Å². The molecular weight excluding hydrogens is 374 g/mol. The molecule has 1 N–H and O–H groups in total. The van der Waals surface area contributed by atoms with Crippen molar-refractivity contribution in [2.24, 2.45) is 0 Å². The number of rotatable bonds is 8. The molecule has 0 aliphatic carbocycles. The number of hydrazine groups is 1. The van der Waals surface area contributed by atoms with Crippen LogP contribution in [0.25, 0.3) is 0 Å². The Labute approximate surface area is 168 Å². The lowest BCUT2D eigenvalue weighted by Gasteiger charge is -2.25. The number of carbonyl (C=O) groups is 1. The standard InChI is InChI=1S/C21H29N3O3S/c1-16-13-17(2)21(18(3)14-16)28(26,27)24(15-20(25)22-23(4)5)12-11-19-9-7-6-8-10-19/h6-10,13-14H,11-12,15H2,1-5H3,(H,22,25). The first-order valence-corrected chi connectivity index (χ1v) is 10.6. The highest BCUT2D eigenvalue weighted by molar-refractivity contribution is 7.89. The van der Waals surface area contributed by atoms with Crippen molar-refractivity contribution in [2.75, 3.05) is 27.2 Å². The predicted octanol–water partition coefficient (Wildman–Crippen LogP) is 2.44. The van der Waals surface area contributed by atoms with Gasteiger partial charge in [0.05, 0.1) is 11.4 Å². The highest BCUT2D eigenvalue weighted by Crippen LogP contribution is 2.25. The SMILES string of the molecule is Cc1cc(C)c(S(=O)(=O)N(CCc2ccccc2)CC(=O)NN(C)C)c(C)c1. The van der Waals surface area contributed by atoms with Crippen molar-refractivity contribution < 1.29 is 13.2 Å². The van der Waals surface area contributed by atoms with Crippen LogP contribution < -0.4 is 5.43 Å². The summed E-state index contributed by atoms with van der Waals surface area (Å²) in [5, 5.41) is 1.51. The highest BCUT2D eigenvalue weighted by atomic mass is 32.2. The van der Waals surface area contributed by atoms with E-state index in [0.717, 1.165) is 11.1 Å². The average Bonchev–Trinajstić information content (AvgIpc) is 2.57. The van der Waals surface area contributed by atoms with E-state index in [-0.39, 0.29) is 23.9 Å². The van der Waals surface area contributed by atoms with Gasteiger partial charge in [0.2, 0.25) is 15.9 Å². The van der Waals surface area contributed by atoms with Gasteiger partial charge >= 0.3 is 0 Å². The fourth-order valence-corrected chi connectivity index (χ4v) is 5.14. The fraction of sp³-hybridized carbons (Fsp3) is 0.381. The Bertz CT molecular complexity index is 902. The van der Waals surface area contributed by atoms with E-state index < -0.39 is 10.0 Å². The number of amides is 1. The van der Waals surface area contributed by atoms with Crippen molar-refractivity contribution in [1.82, 2.24) is 14.7 Å². The van der Waals surface area contributed by atoms with Crippen LogP contribution >= 0.6 is 0 Å². The van der Waals surface area contributed by atoms with Crippen LogP contribution in [0.3, 0.4) is 0 Å². The lowest BCUT2D eigenvalue weighted by Crippen LogP contribution is -2.45.